The molecule has 2 N–H and O–H groups in total. The van der Waals surface area contributed by atoms with E-state index in [1.807, 2.05) is 55.5 Å². The van der Waals surface area contributed by atoms with Crippen LogP contribution in [0.5, 0.6) is 0 Å². The second-order valence-electron chi connectivity index (χ2n) is 6.40. The van der Waals surface area contributed by atoms with Crippen LogP contribution in [-0.4, -0.2) is 24.9 Å². The molecule has 1 atom stereocenters. The molecule has 2 aromatic rings. The van der Waals surface area contributed by atoms with Crippen molar-refractivity contribution in [3.63, 3.8) is 0 Å². The largest absolute Gasteiger partial charge is 0.325 e. The predicted octanol–water partition coefficient (Wildman–Crippen LogP) is 3.76. The summed E-state index contributed by atoms with van der Waals surface area (Å²) in [6.07, 6.45) is 1.50. The molecule has 3 rings (SSSR count). The highest BCUT2D eigenvalue weighted by Gasteiger charge is 2.21. The van der Waals surface area contributed by atoms with Gasteiger partial charge in [0.25, 0.3) is 0 Å². The maximum absolute atomic E-state index is 12.1. The fraction of sp³-hybridized carbons (Fsp3) is 0.300. The Morgan fingerprint density at radius 1 is 1.23 bits per heavy atom. The molecule has 0 unspecified atom stereocenters. The number of hydrogen-bond donors (Lipinski definition) is 2. The van der Waals surface area contributed by atoms with Gasteiger partial charge in [0.2, 0.25) is 11.8 Å². The zero-order valence-electron chi connectivity index (χ0n) is 14.7. The molecular formula is C20H22ClN3O2. The number of anilines is 2. The van der Waals surface area contributed by atoms with Gasteiger partial charge >= 0.3 is 0 Å². The van der Waals surface area contributed by atoms with E-state index >= 15 is 0 Å². The van der Waals surface area contributed by atoms with Crippen molar-refractivity contribution in [3.05, 3.63) is 59.1 Å². The van der Waals surface area contributed by atoms with Crippen molar-refractivity contribution in [3.8, 4) is 0 Å². The van der Waals surface area contributed by atoms with Crippen LogP contribution in [-0.2, 0) is 9.59 Å². The van der Waals surface area contributed by atoms with E-state index in [4.69, 9.17) is 11.6 Å². The molecule has 0 aromatic heterocycles. The second kappa shape index (κ2) is 8.34. The van der Waals surface area contributed by atoms with Gasteiger partial charge < -0.3 is 15.5 Å². The van der Waals surface area contributed by atoms with Crippen molar-refractivity contribution in [2.45, 2.75) is 25.8 Å². The first-order chi connectivity index (χ1) is 12.5. The minimum absolute atomic E-state index is 0.0167. The molecule has 1 fully saturated rings. The summed E-state index contributed by atoms with van der Waals surface area (Å²) in [7, 11) is 0. The lowest BCUT2D eigenvalue weighted by Gasteiger charge is -2.16. The molecule has 6 heteroatoms. The standard InChI is InChI=1S/C20H22ClN3O2/c1-14(15-4-2-5-16(21)12-15)22-13-19(25)23-17-7-9-18(10-8-17)24-11-3-6-20(24)26/h2,4-5,7-10,12,14,22H,3,6,11,13H2,1H3,(H,23,25)/t14-/m1/s1. The molecule has 1 saturated heterocycles. The lowest BCUT2D eigenvalue weighted by atomic mass is 10.1. The number of halogens is 1. The maximum atomic E-state index is 12.1. The van der Waals surface area contributed by atoms with Crippen LogP contribution in [0.1, 0.15) is 31.4 Å². The SMILES string of the molecule is C[C@@H](NCC(=O)Nc1ccc(N2CCCC2=O)cc1)c1cccc(Cl)c1. The van der Waals surface area contributed by atoms with Crippen LogP contribution >= 0.6 is 11.6 Å². The fourth-order valence-corrected chi connectivity index (χ4v) is 3.19. The molecule has 5 nitrogen and oxygen atoms in total. The highest BCUT2D eigenvalue weighted by atomic mass is 35.5. The summed E-state index contributed by atoms with van der Waals surface area (Å²) >= 11 is 6.00. The zero-order valence-corrected chi connectivity index (χ0v) is 15.4. The van der Waals surface area contributed by atoms with Crippen molar-refractivity contribution in [1.29, 1.82) is 0 Å². The average molecular weight is 372 g/mol. The molecule has 0 spiro atoms. The number of benzene rings is 2. The molecule has 0 saturated carbocycles. The monoisotopic (exact) mass is 371 g/mol. The Balaban J connectivity index is 1.51. The Hall–Kier alpha value is -2.37. The summed E-state index contributed by atoms with van der Waals surface area (Å²) < 4.78 is 0. The summed E-state index contributed by atoms with van der Waals surface area (Å²) in [6, 6.07) is 14.9. The van der Waals surface area contributed by atoms with Crippen molar-refractivity contribution >= 4 is 34.8 Å². The van der Waals surface area contributed by atoms with Crippen LogP contribution in [0.15, 0.2) is 48.5 Å². The number of amides is 2. The van der Waals surface area contributed by atoms with Crippen LogP contribution in [0.25, 0.3) is 0 Å². The van der Waals surface area contributed by atoms with Gasteiger partial charge in [-0.15, -0.1) is 0 Å². The molecule has 1 aliphatic heterocycles. The van der Waals surface area contributed by atoms with Crippen LogP contribution in [0, 0.1) is 0 Å². The minimum Gasteiger partial charge on any atom is -0.325 e. The number of rotatable bonds is 6. The molecule has 0 bridgehead atoms. The molecule has 136 valence electrons. The zero-order chi connectivity index (χ0) is 18.5. The van der Waals surface area contributed by atoms with Crippen molar-refractivity contribution < 1.29 is 9.59 Å². The van der Waals surface area contributed by atoms with E-state index in [1.54, 1.807) is 4.90 Å². The maximum Gasteiger partial charge on any atom is 0.238 e. The summed E-state index contributed by atoms with van der Waals surface area (Å²) in [5, 5.41) is 6.72. The van der Waals surface area contributed by atoms with E-state index in [9.17, 15) is 9.59 Å². The fourth-order valence-electron chi connectivity index (χ4n) is 2.99. The van der Waals surface area contributed by atoms with Gasteiger partial charge in [0.05, 0.1) is 6.54 Å². The van der Waals surface area contributed by atoms with E-state index in [-0.39, 0.29) is 24.4 Å². The summed E-state index contributed by atoms with van der Waals surface area (Å²) in [4.78, 5) is 25.7. The van der Waals surface area contributed by atoms with Crippen molar-refractivity contribution in [2.24, 2.45) is 0 Å². The van der Waals surface area contributed by atoms with Crippen LogP contribution in [0.2, 0.25) is 5.02 Å². The quantitative estimate of drug-likeness (QED) is 0.812. The van der Waals surface area contributed by atoms with Crippen LogP contribution in [0.3, 0.4) is 0 Å². The Bertz CT molecular complexity index is 792. The molecular weight excluding hydrogens is 350 g/mol. The summed E-state index contributed by atoms with van der Waals surface area (Å²) in [5.41, 5.74) is 2.62. The minimum atomic E-state index is -0.121. The van der Waals surface area contributed by atoms with Gasteiger partial charge in [-0.25, -0.2) is 0 Å². The molecule has 0 aliphatic carbocycles. The number of nitrogens with zero attached hydrogens (tertiary/aromatic N) is 1. The van der Waals surface area contributed by atoms with Crippen LogP contribution < -0.4 is 15.5 Å². The Labute approximate surface area is 158 Å². The van der Waals surface area contributed by atoms with E-state index in [0.29, 0.717) is 17.1 Å². The van der Waals surface area contributed by atoms with Crippen LogP contribution in [0.4, 0.5) is 11.4 Å². The first-order valence-electron chi connectivity index (χ1n) is 8.72. The second-order valence-corrected chi connectivity index (χ2v) is 6.84. The molecule has 26 heavy (non-hydrogen) atoms. The number of nitrogens with one attached hydrogen (secondary N) is 2. The third-order valence-corrected chi connectivity index (χ3v) is 4.69. The van der Waals surface area contributed by atoms with Gasteiger partial charge in [-0.2, -0.15) is 0 Å². The Morgan fingerprint density at radius 3 is 2.65 bits per heavy atom. The smallest absolute Gasteiger partial charge is 0.238 e. The normalized spacial score (nSPS) is 15.2. The molecule has 2 amide bonds. The number of hydrogen-bond acceptors (Lipinski definition) is 3. The topological polar surface area (TPSA) is 61.4 Å². The molecule has 2 aromatic carbocycles. The van der Waals surface area contributed by atoms with Gasteiger partial charge in [-0.05, 0) is 55.3 Å². The number of carbonyl (C=O) groups is 2. The first-order valence-corrected chi connectivity index (χ1v) is 9.10. The van der Waals surface area contributed by atoms with Gasteiger partial charge in [0.15, 0.2) is 0 Å². The third kappa shape index (κ3) is 4.62. The highest BCUT2D eigenvalue weighted by Crippen LogP contribution is 2.23. The van der Waals surface area contributed by atoms with E-state index in [2.05, 4.69) is 10.6 Å². The molecule has 0 radical (unpaired) electrons. The Morgan fingerprint density at radius 2 is 2.00 bits per heavy atom. The van der Waals surface area contributed by atoms with Gasteiger partial charge in [-0.3, -0.25) is 9.59 Å². The van der Waals surface area contributed by atoms with E-state index in [0.717, 1.165) is 24.2 Å². The van der Waals surface area contributed by atoms with E-state index < -0.39 is 0 Å². The predicted molar refractivity (Wildman–Crippen MR) is 105 cm³/mol. The highest BCUT2D eigenvalue weighted by molar-refractivity contribution is 6.30. The Kier molecular flexibility index (Phi) is 5.91. The van der Waals surface area contributed by atoms with Crippen molar-refractivity contribution in [1.82, 2.24) is 5.32 Å². The molecule has 1 aliphatic rings. The molecule has 1 heterocycles. The lowest BCUT2D eigenvalue weighted by Crippen LogP contribution is -2.30. The van der Waals surface area contributed by atoms with Gasteiger partial charge in [-0.1, -0.05) is 23.7 Å². The number of carbonyl (C=O) groups excluding carboxylic acids is 2. The van der Waals surface area contributed by atoms with Crippen molar-refractivity contribution in [2.75, 3.05) is 23.3 Å². The summed E-state index contributed by atoms with van der Waals surface area (Å²) in [5.74, 6) is 0.0323. The van der Waals surface area contributed by atoms with Gasteiger partial charge in [0.1, 0.15) is 0 Å². The summed E-state index contributed by atoms with van der Waals surface area (Å²) in [6.45, 7) is 2.94. The lowest BCUT2D eigenvalue weighted by molar-refractivity contribution is -0.117. The third-order valence-electron chi connectivity index (χ3n) is 4.45. The first kappa shape index (κ1) is 18.4. The van der Waals surface area contributed by atoms with E-state index in [1.165, 1.54) is 0 Å². The van der Waals surface area contributed by atoms with Gasteiger partial charge in [0, 0.05) is 35.4 Å². The average Bonchev–Trinajstić information content (AvgIpc) is 3.06.